The monoisotopic (exact) mass is 470 g/mol. The molecule has 0 fully saturated rings. The molecule has 2 N–H and O–H groups in total. The molecule has 1 unspecified atom stereocenters. The van der Waals surface area contributed by atoms with Crippen LogP contribution in [-0.4, -0.2) is 49.8 Å². The van der Waals surface area contributed by atoms with Crippen LogP contribution in [0.3, 0.4) is 0 Å². The lowest BCUT2D eigenvalue weighted by atomic mass is 10.0. The van der Waals surface area contributed by atoms with Gasteiger partial charge in [0.1, 0.15) is 25.0 Å². The standard InChI is InChI=1S/C25H30N2O7/c1-5-31-19-9-6-17(7-10-19)24(29)27-22(15(2)3)25(30)34-16(4)23(28)26-18-8-11-20-21(14-18)33-13-12-32-20/h6-11,14-16,22H,5,12-13H2,1-4H3,(H,26,28)(H,27,29)/t16?,22-/m0/s1. The number of fused-ring (bicyclic) bond motifs is 1. The number of carbonyl (C=O) groups excluding carboxylic acids is 3. The van der Waals surface area contributed by atoms with Crippen molar-refractivity contribution < 1.29 is 33.3 Å². The van der Waals surface area contributed by atoms with Gasteiger partial charge in [0.15, 0.2) is 17.6 Å². The van der Waals surface area contributed by atoms with Crippen LogP contribution >= 0.6 is 0 Å². The molecule has 0 saturated carbocycles. The molecule has 0 bridgehead atoms. The van der Waals surface area contributed by atoms with Gasteiger partial charge in [0.05, 0.1) is 6.61 Å². The van der Waals surface area contributed by atoms with E-state index in [2.05, 4.69) is 10.6 Å². The number of rotatable bonds is 9. The first kappa shape index (κ1) is 24.9. The van der Waals surface area contributed by atoms with E-state index in [1.807, 2.05) is 6.92 Å². The van der Waals surface area contributed by atoms with E-state index in [-0.39, 0.29) is 5.92 Å². The molecule has 9 nitrogen and oxygen atoms in total. The summed E-state index contributed by atoms with van der Waals surface area (Å²) in [6.45, 7) is 8.32. The van der Waals surface area contributed by atoms with Gasteiger partial charge in [-0.2, -0.15) is 0 Å². The second kappa shape index (κ2) is 11.4. The number of hydrogen-bond acceptors (Lipinski definition) is 7. The van der Waals surface area contributed by atoms with Crippen molar-refractivity contribution in [3.8, 4) is 17.2 Å². The predicted octanol–water partition coefficient (Wildman–Crippen LogP) is 3.18. The molecule has 0 aromatic heterocycles. The van der Waals surface area contributed by atoms with Crippen molar-refractivity contribution in [3.05, 3.63) is 48.0 Å². The van der Waals surface area contributed by atoms with Crippen LogP contribution in [0.1, 0.15) is 38.1 Å². The molecule has 34 heavy (non-hydrogen) atoms. The SMILES string of the molecule is CCOc1ccc(C(=O)N[C@H](C(=O)OC(C)C(=O)Nc2ccc3c(c2)OCCO3)C(C)C)cc1. The lowest BCUT2D eigenvalue weighted by molar-refractivity contribution is -0.156. The molecule has 2 amide bonds. The first-order valence-corrected chi connectivity index (χ1v) is 11.2. The molecule has 182 valence electrons. The molecular formula is C25H30N2O7. The first-order chi connectivity index (χ1) is 16.3. The van der Waals surface area contributed by atoms with Gasteiger partial charge in [0.2, 0.25) is 0 Å². The predicted molar refractivity (Wildman–Crippen MR) is 125 cm³/mol. The highest BCUT2D eigenvalue weighted by molar-refractivity contribution is 5.98. The Morgan fingerprint density at radius 1 is 0.971 bits per heavy atom. The molecule has 2 atom stereocenters. The Morgan fingerprint density at radius 3 is 2.29 bits per heavy atom. The summed E-state index contributed by atoms with van der Waals surface area (Å²) in [5.41, 5.74) is 0.868. The van der Waals surface area contributed by atoms with Crippen molar-refractivity contribution in [2.45, 2.75) is 39.8 Å². The molecule has 1 aliphatic heterocycles. The number of hydrogen-bond donors (Lipinski definition) is 2. The minimum Gasteiger partial charge on any atom is -0.494 e. The topological polar surface area (TPSA) is 112 Å². The molecular weight excluding hydrogens is 440 g/mol. The maximum Gasteiger partial charge on any atom is 0.329 e. The minimum atomic E-state index is -1.08. The highest BCUT2D eigenvalue weighted by Crippen LogP contribution is 2.32. The van der Waals surface area contributed by atoms with Crippen LogP contribution in [0.15, 0.2) is 42.5 Å². The van der Waals surface area contributed by atoms with Crippen LogP contribution < -0.4 is 24.8 Å². The normalized spacial score (nSPS) is 14.0. The van der Waals surface area contributed by atoms with E-state index in [0.717, 1.165) is 0 Å². The molecule has 1 heterocycles. The fourth-order valence-corrected chi connectivity index (χ4v) is 3.26. The van der Waals surface area contributed by atoms with Crippen LogP contribution in [0.4, 0.5) is 5.69 Å². The van der Waals surface area contributed by atoms with Crippen molar-refractivity contribution >= 4 is 23.5 Å². The third kappa shape index (κ3) is 6.40. The van der Waals surface area contributed by atoms with E-state index in [4.69, 9.17) is 18.9 Å². The van der Waals surface area contributed by atoms with Gasteiger partial charge in [-0.05, 0) is 56.2 Å². The summed E-state index contributed by atoms with van der Waals surface area (Å²) >= 11 is 0. The van der Waals surface area contributed by atoms with Crippen LogP contribution in [0.2, 0.25) is 0 Å². The summed E-state index contributed by atoms with van der Waals surface area (Å²) in [5, 5.41) is 5.39. The van der Waals surface area contributed by atoms with Crippen LogP contribution in [-0.2, 0) is 14.3 Å². The van der Waals surface area contributed by atoms with Gasteiger partial charge in [-0.3, -0.25) is 9.59 Å². The Bertz CT molecular complexity index is 1020. The maximum atomic E-state index is 12.8. The molecule has 2 aromatic rings. The zero-order valence-corrected chi connectivity index (χ0v) is 19.8. The number of ether oxygens (including phenoxy) is 4. The summed E-state index contributed by atoms with van der Waals surface area (Å²) in [5.74, 6) is -0.0992. The highest BCUT2D eigenvalue weighted by Gasteiger charge is 2.29. The number of benzene rings is 2. The van der Waals surface area contributed by atoms with Crippen molar-refractivity contribution in [1.29, 1.82) is 0 Å². The fraction of sp³-hybridized carbons (Fsp3) is 0.400. The molecule has 0 radical (unpaired) electrons. The Hall–Kier alpha value is -3.75. The second-order valence-electron chi connectivity index (χ2n) is 8.08. The van der Waals surface area contributed by atoms with Crippen molar-refractivity contribution in [2.24, 2.45) is 5.92 Å². The van der Waals surface area contributed by atoms with Gasteiger partial charge < -0.3 is 29.6 Å². The first-order valence-electron chi connectivity index (χ1n) is 11.2. The van der Waals surface area contributed by atoms with E-state index in [0.29, 0.717) is 48.3 Å². The Labute approximate surface area is 198 Å². The quantitative estimate of drug-likeness (QED) is 0.541. The Kier molecular flexibility index (Phi) is 8.34. The smallest absolute Gasteiger partial charge is 0.329 e. The van der Waals surface area contributed by atoms with Gasteiger partial charge in [0.25, 0.3) is 11.8 Å². The molecule has 0 aliphatic carbocycles. The molecule has 1 aliphatic rings. The number of esters is 1. The van der Waals surface area contributed by atoms with Gasteiger partial charge in [0, 0.05) is 17.3 Å². The Balaban J connectivity index is 1.58. The zero-order chi connectivity index (χ0) is 24.7. The van der Waals surface area contributed by atoms with Gasteiger partial charge in [-0.1, -0.05) is 13.8 Å². The van der Waals surface area contributed by atoms with Crippen LogP contribution in [0.5, 0.6) is 17.2 Å². The number of carbonyl (C=O) groups is 3. The summed E-state index contributed by atoms with van der Waals surface area (Å²) in [6, 6.07) is 10.7. The summed E-state index contributed by atoms with van der Waals surface area (Å²) < 4.78 is 21.7. The molecule has 3 rings (SSSR count). The summed E-state index contributed by atoms with van der Waals surface area (Å²) in [4.78, 5) is 38.0. The Morgan fingerprint density at radius 2 is 1.65 bits per heavy atom. The summed E-state index contributed by atoms with van der Waals surface area (Å²) in [7, 11) is 0. The van der Waals surface area contributed by atoms with E-state index >= 15 is 0 Å². The van der Waals surface area contributed by atoms with E-state index in [1.165, 1.54) is 6.92 Å². The second-order valence-corrected chi connectivity index (χ2v) is 8.08. The van der Waals surface area contributed by atoms with Crippen LogP contribution in [0, 0.1) is 5.92 Å². The van der Waals surface area contributed by atoms with Crippen molar-refractivity contribution in [1.82, 2.24) is 5.32 Å². The molecule has 9 heteroatoms. The van der Waals surface area contributed by atoms with Gasteiger partial charge >= 0.3 is 5.97 Å². The average molecular weight is 471 g/mol. The zero-order valence-electron chi connectivity index (χ0n) is 19.8. The van der Waals surface area contributed by atoms with Gasteiger partial charge in [-0.25, -0.2) is 4.79 Å². The molecule has 2 aromatic carbocycles. The largest absolute Gasteiger partial charge is 0.494 e. The third-order valence-electron chi connectivity index (χ3n) is 5.11. The van der Waals surface area contributed by atoms with E-state index in [1.54, 1.807) is 56.3 Å². The number of amides is 2. The van der Waals surface area contributed by atoms with E-state index in [9.17, 15) is 14.4 Å². The number of anilines is 1. The van der Waals surface area contributed by atoms with Crippen molar-refractivity contribution in [2.75, 3.05) is 25.1 Å². The molecule has 0 saturated heterocycles. The van der Waals surface area contributed by atoms with E-state index < -0.39 is 29.9 Å². The fourth-order valence-electron chi connectivity index (χ4n) is 3.26. The average Bonchev–Trinajstić information content (AvgIpc) is 2.82. The summed E-state index contributed by atoms with van der Waals surface area (Å²) in [6.07, 6.45) is -1.08. The van der Waals surface area contributed by atoms with Crippen LogP contribution in [0.25, 0.3) is 0 Å². The molecule has 0 spiro atoms. The maximum absolute atomic E-state index is 12.8. The van der Waals surface area contributed by atoms with Crippen molar-refractivity contribution in [3.63, 3.8) is 0 Å². The highest BCUT2D eigenvalue weighted by atomic mass is 16.6. The van der Waals surface area contributed by atoms with Gasteiger partial charge in [-0.15, -0.1) is 0 Å². The lowest BCUT2D eigenvalue weighted by Gasteiger charge is -2.23. The lowest BCUT2D eigenvalue weighted by Crippen LogP contribution is -2.47. The number of nitrogens with one attached hydrogen (secondary N) is 2. The third-order valence-corrected chi connectivity index (χ3v) is 5.11. The minimum absolute atomic E-state index is 0.257.